The maximum atomic E-state index is 9.84. The van der Waals surface area contributed by atoms with Crippen LogP contribution in [-0.4, -0.2) is 63.8 Å². The molecule has 2 unspecified atom stereocenters. The van der Waals surface area contributed by atoms with Gasteiger partial charge in [0.15, 0.2) is 6.29 Å². The summed E-state index contributed by atoms with van der Waals surface area (Å²) in [5.41, 5.74) is 0. The number of ether oxygens (including phenoxy) is 2. The van der Waals surface area contributed by atoms with E-state index in [-0.39, 0.29) is 6.10 Å². The molecule has 1 saturated heterocycles. The first kappa shape index (κ1) is 17.8. The molecule has 6 heteroatoms. The number of rotatable bonds is 8. The highest BCUT2D eigenvalue weighted by atomic mass is 16.7. The van der Waals surface area contributed by atoms with E-state index in [1.54, 1.807) is 0 Å². The summed E-state index contributed by atoms with van der Waals surface area (Å²) < 4.78 is 10.9. The minimum Gasteiger partial charge on any atom is -0.394 e. The second-order valence-electron chi connectivity index (χ2n) is 5.49. The molecular weight excluding hydrogens is 264 g/mol. The van der Waals surface area contributed by atoms with Crippen LogP contribution in [0.25, 0.3) is 0 Å². The third kappa shape index (κ3) is 4.95. The van der Waals surface area contributed by atoms with E-state index < -0.39 is 37.3 Å². The van der Waals surface area contributed by atoms with Crippen LogP contribution >= 0.6 is 0 Å². The Morgan fingerprint density at radius 3 is 2.35 bits per heavy atom. The molecule has 120 valence electrons. The molecule has 1 rings (SSSR count). The summed E-state index contributed by atoms with van der Waals surface area (Å²) in [5, 5.41) is 38.2. The minimum atomic E-state index is -1.38. The van der Waals surface area contributed by atoms with E-state index >= 15 is 0 Å². The molecule has 1 heterocycles. The highest BCUT2D eigenvalue weighted by molar-refractivity contribution is 4.89. The van der Waals surface area contributed by atoms with Gasteiger partial charge in [-0.3, -0.25) is 0 Å². The van der Waals surface area contributed by atoms with Crippen LogP contribution < -0.4 is 0 Å². The Balaban J connectivity index is 2.40. The summed E-state index contributed by atoms with van der Waals surface area (Å²) in [4.78, 5) is 0. The lowest BCUT2D eigenvalue weighted by atomic mass is 9.99. The van der Waals surface area contributed by atoms with Crippen molar-refractivity contribution in [2.75, 3.05) is 6.61 Å². The lowest BCUT2D eigenvalue weighted by Gasteiger charge is -2.40. The average molecular weight is 292 g/mol. The van der Waals surface area contributed by atoms with E-state index in [9.17, 15) is 15.3 Å². The molecule has 0 spiro atoms. The second kappa shape index (κ2) is 8.92. The van der Waals surface area contributed by atoms with Crippen molar-refractivity contribution in [2.24, 2.45) is 0 Å². The smallest absolute Gasteiger partial charge is 0.186 e. The number of unbranched alkanes of at least 4 members (excludes halogenated alkanes) is 3. The SMILES string of the molecule is CCCCCCC(C)OC1O[C@H](CO)[C@@H](O)[C@H](O)[C@@H]1O. The molecule has 0 amide bonds. The van der Waals surface area contributed by atoms with Crippen molar-refractivity contribution in [3.05, 3.63) is 0 Å². The summed E-state index contributed by atoms with van der Waals surface area (Å²) >= 11 is 0. The molecule has 4 N–H and O–H groups in total. The molecule has 0 saturated carbocycles. The maximum Gasteiger partial charge on any atom is 0.186 e. The monoisotopic (exact) mass is 292 g/mol. The third-order valence-electron chi connectivity index (χ3n) is 3.68. The van der Waals surface area contributed by atoms with Gasteiger partial charge in [-0.1, -0.05) is 32.6 Å². The zero-order chi connectivity index (χ0) is 15.1. The maximum absolute atomic E-state index is 9.84. The van der Waals surface area contributed by atoms with E-state index in [1.807, 2.05) is 6.92 Å². The summed E-state index contributed by atoms with van der Waals surface area (Å²) in [6.45, 7) is 3.59. The molecule has 20 heavy (non-hydrogen) atoms. The molecule has 0 aliphatic carbocycles. The fraction of sp³-hybridized carbons (Fsp3) is 1.00. The highest BCUT2D eigenvalue weighted by Crippen LogP contribution is 2.23. The Morgan fingerprint density at radius 1 is 1.05 bits per heavy atom. The normalized spacial score (nSPS) is 36.0. The first-order valence-corrected chi connectivity index (χ1v) is 7.47. The first-order chi connectivity index (χ1) is 9.51. The van der Waals surface area contributed by atoms with Crippen LogP contribution in [0.2, 0.25) is 0 Å². The van der Waals surface area contributed by atoms with Gasteiger partial charge in [-0.25, -0.2) is 0 Å². The Morgan fingerprint density at radius 2 is 1.75 bits per heavy atom. The van der Waals surface area contributed by atoms with Gasteiger partial charge in [0.2, 0.25) is 0 Å². The molecular formula is C14H28O6. The molecule has 0 aromatic heterocycles. The molecule has 0 aromatic carbocycles. The van der Waals surface area contributed by atoms with E-state index in [1.165, 1.54) is 12.8 Å². The van der Waals surface area contributed by atoms with Crippen molar-refractivity contribution in [1.82, 2.24) is 0 Å². The van der Waals surface area contributed by atoms with Crippen molar-refractivity contribution in [3.63, 3.8) is 0 Å². The summed E-state index contributed by atoms with van der Waals surface area (Å²) in [7, 11) is 0. The topological polar surface area (TPSA) is 99.4 Å². The lowest BCUT2D eigenvalue weighted by Crippen LogP contribution is -2.59. The Hall–Kier alpha value is -0.240. The highest BCUT2D eigenvalue weighted by Gasteiger charge is 2.44. The zero-order valence-electron chi connectivity index (χ0n) is 12.3. The second-order valence-corrected chi connectivity index (χ2v) is 5.49. The van der Waals surface area contributed by atoms with Gasteiger partial charge < -0.3 is 29.9 Å². The summed E-state index contributed by atoms with van der Waals surface area (Å²) in [5.74, 6) is 0. The van der Waals surface area contributed by atoms with Gasteiger partial charge in [0.1, 0.15) is 24.4 Å². The van der Waals surface area contributed by atoms with Gasteiger partial charge in [-0.15, -0.1) is 0 Å². The lowest BCUT2D eigenvalue weighted by molar-refractivity contribution is -0.310. The summed E-state index contributed by atoms with van der Waals surface area (Å²) in [6.07, 6.45) is -0.709. The van der Waals surface area contributed by atoms with Gasteiger partial charge >= 0.3 is 0 Å². The van der Waals surface area contributed by atoms with Gasteiger partial charge in [-0.2, -0.15) is 0 Å². The Bertz CT molecular complexity index is 260. The van der Waals surface area contributed by atoms with Crippen molar-refractivity contribution >= 4 is 0 Å². The quantitative estimate of drug-likeness (QED) is 0.476. The van der Waals surface area contributed by atoms with Crippen molar-refractivity contribution in [3.8, 4) is 0 Å². The third-order valence-corrected chi connectivity index (χ3v) is 3.68. The van der Waals surface area contributed by atoms with Crippen molar-refractivity contribution in [1.29, 1.82) is 0 Å². The van der Waals surface area contributed by atoms with Crippen molar-refractivity contribution in [2.45, 2.75) is 82.8 Å². The molecule has 1 aliphatic rings. The number of hydrogen-bond acceptors (Lipinski definition) is 6. The Kier molecular flexibility index (Phi) is 7.94. The molecule has 6 nitrogen and oxygen atoms in total. The molecule has 1 fully saturated rings. The molecule has 0 bridgehead atoms. The van der Waals surface area contributed by atoms with E-state index in [0.29, 0.717) is 0 Å². The van der Waals surface area contributed by atoms with Crippen LogP contribution in [0.15, 0.2) is 0 Å². The van der Waals surface area contributed by atoms with Crippen LogP contribution in [0.5, 0.6) is 0 Å². The molecule has 0 radical (unpaired) electrons. The van der Waals surface area contributed by atoms with E-state index in [2.05, 4.69) is 6.92 Å². The average Bonchev–Trinajstić information content (AvgIpc) is 2.44. The Labute approximate surface area is 120 Å². The van der Waals surface area contributed by atoms with Crippen molar-refractivity contribution < 1.29 is 29.9 Å². The summed E-state index contributed by atoms with van der Waals surface area (Å²) in [6, 6.07) is 0. The number of aliphatic hydroxyl groups excluding tert-OH is 4. The molecule has 6 atom stereocenters. The largest absolute Gasteiger partial charge is 0.394 e. The molecule has 1 aliphatic heterocycles. The zero-order valence-corrected chi connectivity index (χ0v) is 12.3. The van der Waals surface area contributed by atoms with Crippen LogP contribution in [0.3, 0.4) is 0 Å². The number of hydrogen-bond donors (Lipinski definition) is 4. The predicted octanol–water partition coefficient (Wildman–Crippen LogP) is 0.162. The van der Waals surface area contributed by atoms with E-state index in [4.69, 9.17) is 14.6 Å². The van der Waals surface area contributed by atoms with Gasteiger partial charge in [-0.05, 0) is 13.3 Å². The predicted molar refractivity (Wildman–Crippen MR) is 73.1 cm³/mol. The first-order valence-electron chi connectivity index (χ1n) is 7.47. The fourth-order valence-corrected chi connectivity index (χ4v) is 2.34. The number of aliphatic hydroxyl groups is 4. The van der Waals surface area contributed by atoms with Gasteiger partial charge in [0.05, 0.1) is 12.7 Å². The van der Waals surface area contributed by atoms with Gasteiger partial charge in [0.25, 0.3) is 0 Å². The van der Waals surface area contributed by atoms with Crippen LogP contribution in [-0.2, 0) is 9.47 Å². The van der Waals surface area contributed by atoms with Crippen LogP contribution in [0.1, 0.15) is 46.0 Å². The van der Waals surface area contributed by atoms with E-state index in [0.717, 1.165) is 19.3 Å². The van der Waals surface area contributed by atoms with Crippen LogP contribution in [0, 0.1) is 0 Å². The van der Waals surface area contributed by atoms with Gasteiger partial charge in [0, 0.05) is 0 Å². The molecule has 0 aromatic rings. The minimum absolute atomic E-state index is 0.117. The standard InChI is InChI=1S/C14H28O6/c1-3-4-5-6-7-9(2)19-14-13(18)12(17)11(16)10(8-15)20-14/h9-18H,3-8H2,1-2H3/t9?,10-,11-,12+,13+,14?/m1/s1. The fourth-order valence-electron chi connectivity index (χ4n) is 2.34. The van der Waals surface area contributed by atoms with Crippen LogP contribution in [0.4, 0.5) is 0 Å².